The van der Waals surface area contributed by atoms with Gasteiger partial charge in [-0.15, -0.1) is 0 Å². The minimum atomic E-state index is -0.395. The number of rotatable bonds is 8. The molecule has 0 aromatic carbocycles. The van der Waals surface area contributed by atoms with Crippen LogP contribution in [0.5, 0.6) is 0 Å². The molecule has 0 fully saturated rings. The Kier molecular flexibility index (Phi) is 6.76. The van der Waals surface area contributed by atoms with Gasteiger partial charge in [0, 0.05) is 12.6 Å². The molecule has 1 heterocycles. The van der Waals surface area contributed by atoms with Crippen LogP contribution in [-0.4, -0.2) is 35.6 Å². The highest BCUT2D eigenvalue weighted by Crippen LogP contribution is 2.14. The summed E-state index contributed by atoms with van der Waals surface area (Å²) in [6, 6.07) is 1.40. The molecule has 1 rings (SSSR count). The molecule has 6 nitrogen and oxygen atoms in total. The highest BCUT2D eigenvalue weighted by Gasteiger charge is 2.20. The zero-order chi connectivity index (χ0) is 15.0. The van der Waals surface area contributed by atoms with Gasteiger partial charge in [0.15, 0.2) is 0 Å². The van der Waals surface area contributed by atoms with E-state index in [0.29, 0.717) is 18.2 Å². The van der Waals surface area contributed by atoms with Gasteiger partial charge in [0.2, 0.25) is 0 Å². The van der Waals surface area contributed by atoms with Crippen molar-refractivity contribution in [1.29, 1.82) is 0 Å². The van der Waals surface area contributed by atoms with Crippen molar-refractivity contribution in [1.82, 2.24) is 9.97 Å². The molecule has 2 N–H and O–H groups in total. The Bertz CT molecular complexity index is 423. The molecule has 20 heavy (non-hydrogen) atoms. The van der Waals surface area contributed by atoms with E-state index in [1.54, 1.807) is 6.07 Å². The number of aromatic nitrogens is 2. The first-order chi connectivity index (χ1) is 9.56. The molecule has 0 amide bonds. The van der Waals surface area contributed by atoms with Gasteiger partial charge in [-0.3, -0.25) is 0 Å². The molecule has 1 aromatic heterocycles. The van der Waals surface area contributed by atoms with Crippen molar-refractivity contribution in [2.75, 3.05) is 24.3 Å². The van der Waals surface area contributed by atoms with Crippen molar-refractivity contribution in [3.63, 3.8) is 0 Å². The van der Waals surface area contributed by atoms with Gasteiger partial charge in [0.1, 0.15) is 24.0 Å². The number of carbonyl (C=O) groups is 1. The maximum Gasteiger partial charge on any atom is 0.328 e. The maximum absolute atomic E-state index is 11.8. The summed E-state index contributed by atoms with van der Waals surface area (Å²) in [7, 11) is 1.39. The Balaban J connectivity index is 2.74. The summed E-state index contributed by atoms with van der Waals surface area (Å²) in [5.74, 6) is 1.47. The average molecular weight is 280 g/mol. The van der Waals surface area contributed by atoms with E-state index < -0.39 is 6.04 Å². The average Bonchev–Trinajstić information content (AvgIpc) is 2.43. The summed E-state index contributed by atoms with van der Waals surface area (Å²) < 4.78 is 4.82. The van der Waals surface area contributed by atoms with Crippen molar-refractivity contribution in [2.24, 2.45) is 5.92 Å². The van der Waals surface area contributed by atoms with Crippen molar-refractivity contribution >= 4 is 17.6 Å². The molecule has 112 valence electrons. The van der Waals surface area contributed by atoms with Crippen LogP contribution in [0.25, 0.3) is 0 Å². The summed E-state index contributed by atoms with van der Waals surface area (Å²) in [5, 5.41) is 6.30. The highest BCUT2D eigenvalue weighted by atomic mass is 16.5. The van der Waals surface area contributed by atoms with Crippen molar-refractivity contribution in [3.8, 4) is 0 Å². The molecule has 0 aliphatic rings. The second-order valence-corrected chi connectivity index (χ2v) is 5.06. The molecule has 1 unspecified atom stereocenters. The number of hydrogen-bond acceptors (Lipinski definition) is 6. The second kappa shape index (κ2) is 8.35. The third-order valence-corrected chi connectivity index (χ3v) is 2.74. The Morgan fingerprint density at radius 3 is 2.65 bits per heavy atom. The number of methoxy groups -OCH3 is 1. The first kappa shape index (κ1) is 16.2. The smallest absolute Gasteiger partial charge is 0.328 e. The largest absolute Gasteiger partial charge is 0.467 e. The van der Waals surface area contributed by atoms with Gasteiger partial charge in [-0.1, -0.05) is 20.8 Å². The van der Waals surface area contributed by atoms with Crippen molar-refractivity contribution in [2.45, 2.75) is 39.7 Å². The number of hydrogen-bond donors (Lipinski definition) is 2. The van der Waals surface area contributed by atoms with Gasteiger partial charge in [-0.05, 0) is 18.8 Å². The fourth-order valence-electron chi connectivity index (χ4n) is 1.79. The lowest BCUT2D eigenvalue weighted by molar-refractivity contribution is -0.141. The molecule has 1 aromatic rings. The van der Waals surface area contributed by atoms with Crippen LogP contribution < -0.4 is 10.6 Å². The highest BCUT2D eigenvalue weighted by molar-refractivity contribution is 5.78. The van der Waals surface area contributed by atoms with Crippen molar-refractivity contribution in [3.05, 3.63) is 12.4 Å². The molecular weight excluding hydrogens is 256 g/mol. The van der Waals surface area contributed by atoms with E-state index in [1.807, 2.05) is 0 Å². The first-order valence-electron chi connectivity index (χ1n) is 6.97. The lowest BCUT2D eigenvalue weighted by Gasteiger charge is -2.19. The van der Waals surface area contributed by atoms with Crippen LogP contribution in [0, 0.1) is 5.92 Å². The van der Waals surface area contributed by atoms with E-state index in [1.165, 1.54) is 13.4 Å². The van der Waals surface area contributed by atoms with Gasteiger partial charge >= 0.3 is 5.97 Å². The van der Waals surface area contributed by atoms with Gasteiger partial charge in [-0.25, -0.2) is 14.8 Å². The number of esters is 1. The summed E-state index contributed by atoms with van der Waals surface area (Å²) in [6.45, 7) is 7.06. The number of anilines is 2. The van der Waals surface area contributed by atoms with E-state index in [4.69, 9.17) is 4.74 Å². The molecular formula is C14H24N4O2. The van der Waals surface area contributed by atoms with Crippen LogP contribution in [0.1, 0.15) is 33.6 Å². The third kappa shape index (κ3) is 5.42. The summed E-state index contributed by atoms with van der Waals surface area (Å²) in [6.07, 6.45) is 3.18. The van der Waals surface area contributed by atoms with Crippen LogP contribution in [0.4, 0.5) is 11.6 Å². The lowest BCUT2D eigenvalue weighted by Crippen LogP contribution is -2.32. The minimum Gasteiger partial charge on any atom is -0.467 e. The van der Waals surface area contributed by atoms with E-state index in [-0.39, 0.29) is 5.97 Å². The van der Waals surface area contributed by atoms with Crippen LogP contribution in [0.2, 0.25) is 0 Å². The molecule has 0 radical (unpaired) electrons. The zero-order valence-electron chi connectivity index (χ0n) is 12.6. The van der Waals surface area contributed by atoms with Crippen molar-refractivity contribution < 1.29 is 9.53 Å². The van der Waals surface area contributed by atoms with E-state index in [0.717, 1.165) is 18.8 Å². The topological polar surface area (TPSA) is 76.1 Å². The Labute approximate surface area is 120 Å². The number of ether oxygens (including phenoxy) is 1. The standard InChI is InChI=1S/C14H24N4O2/c1-5-6-15-12-8-13(17-9-16-12)18-11(7-10(2)3)14(19)20-4/h8-11H,5-7H2,1-4H3,(H2,15,16,17,18). The Morgan fingerprint density at radius 2 is 2.05 bits per heavy atom. The molecule has 1 atom stereocenters. The fraction of sp³-hybridized carbons (Fsp3) is 0.643. The molecule has 0 aliphatic carbocycles. The molecule has 0 aliphatic heterocycles. The number of carbonyl (C=O) groups excluding carboxylic acids is 1. The van der Waals surface area contributed by atoms with Crippen LogP contribution in [0.15, 0.2) is 12.4 Å². The maximum atomic E-state index is 11.8. The van der Waals surface area contributed by atoms with Gasteiger partial charge in [-0.2, -0.15) is 0 Å². The van der Waals surface area contributed by atoms with E-state index >= 15 is 0 Å². The monoisotopic (exact) mass is 280 g/mol. The predicted octanol–water partition coefficient (Wildman–Crippen LogP) is 2.30. The number of nitrogens with zero attached hydrogens (tertiary/aromatic N) is 2. The summed E-state index contributed by atoms with van der Waals surface area (Å²) >= 11 is 0. The zero-order valence-corrected chi connectivity index (χ0v) is 12.6. The van der Waals surface area contributed by atoms with Gasteiger partial charge in [0.25, 0.3) is 0 Å². The van der Waals surface area contributed by atoms with Crippen LogP contribution >= 0.6 is 0 Å². The molecule has 0 bridgehead atoms. The molecule has 0 saturated carbocycles. The SMILES string of the molecule is CCCNc1cc(NC(CC(C)C)C(=O)OC)ncn1. The van der Waals surface area contributed by atoms with Crippen LogP contribution in [0.3, 0.4) is 0 Å². The third-order valence-electron chi connectivity index (χ3n) is 2.74. The second-order valence-electron chi connectivity index (χ2n) is 5.06. The van der Waals surface area contributed by atoms with Gasteiger partial charge < -0.3 is 15.4 Å². The Morgan fingerprint density at radius 1 is 1.35 bits per heavy atom. The fourth-order valence-corrected chi connectivity index (χ4v) is 1.79. The predicted molar refractivity (Wildman–Crippen MR) is 79.7 cm³/mol. The van der Waals surface area contributed by atoms with E-state index in [2.05, 4.69) is 41.4 Å². The minimum absolute atomic E-state index is 0.277. The normalized spacial score (nSPS) is 12.1. The Hall–Kier alpha value is -1.85. The lowest BCUT2D eigenvalue weighted by atomic mass is 10.0. The van der Waals surface area contributed by atoms with Gasteiger partial charge in [0.05, 0.1) is 7.11 Å². The quantitative estimate of drug-likeness (QED) is 0.712. The van der Waals surface area contributed by atoms with E-state index in [9.17, 15) is 4.79 Å². The van der Waals surface area contributed by atoms with Crippen LogP contribution in [-0.2, 0) is 9.53 Å². The molecule has 0 spiro atoms. The first-order valence-corrected chi connectivity index (χ1v) is 6.97. The summed E-state index contributed by atoms with van der Waals surface area (Å²) in [4.78, 5) is 20.0. The molecule has 6 heteroatoms. The number of nitrogens with one attached hydrogen (secondary N) is 2. The molecule has 0 saturated heterocycles. The summed E-state index contributed by atoms with van der Waals surface area (Å²) in [5.41, 5.74) is 0.